The quantitative estimate of drug-likeness (QED) is 0.0218. The largest absolute Gasteiger partial charge is 0.545 e. The molecule has 9 heteroatoms. The van der Waals surface area contributed by atoms with Gasteiger partial charge in [0.15, 0.2) is 12.4 Å². The van der Waals surface area contributed by atoms with E-state index >= 15 is 0 Å². The lowest BCUT2D eigenvalue weighted by Gasteiger charge is -2.26. The van der Waals surface area contributed by atoms with Crippen LogP contribution in [0.2, 0.25) is 0 Å². The van der Waals surface area contributed by atoms with Crippen LogP contribution in [0.25, 0.3) is 0 Å². The van der Waals surface area contributed by atoms with E-state index < -0.39 is 24.3 Å². The fourth-order valence-corrected chi connectivity index (χ4v) is 4.78. The van der Waals surface area contributed by atoms with E-state index in [1.165, 1.54) is 25.7 Å². The molecule has 0 fully saturated rings. The minimum Gasteiger partial charge on any atom is -0.545 e. The van der Waals surface area contributed by atoms with Crippen molar-refractivity contribution in [2.45, 2.75) is 148 Å². The van der Waals surface area contributed by atoms with Crippen molar-refractivity contribution in [3.8, 4) is 0 Å². The van der Waals surface area contributed by atoms with Crippen molar-refractivity contribution in [2.24, 2.45) is 0 Å². The van der Waals surface area contributed by atoms with Crippen LogP contribution in [0, 0.1) is 0 Å². The smallest absolute Gasteiger partial charge is 0.306 e. The van der Waals surface area contributed by atoms with E-state index in [-0.39, 0.29) is 38.6 Å². The number of rotatable bonds is 34. The van der Waals surface area contributed by atoms with Gasteiger partial charge in [-0.1, -0.05) is 101 Å². The molecule has 0 bridgehead atoms. The van der Waals surface area contributed by atoms with E-state index in [2.05, 4.69) is 62.5 Å². The molecule has 0 aromatic carbocycles. The summed E-state index contributed by atoms with van der Waals surface area (Å²) in [7, 11) is 5.88. The van der Waals surface area contributed by atoms with Crippen LogP contribution in [0.3, 0.4) is 0 Å². The monoisotopic (exact) mass is 706 g/mol. The lowest BCUT2D eigenvalue weighted by molar-refractivity contribution is -0.870. The summed E-state index contributed by atoms with van der Waals surface area (Å²) in [6.45, 7) is 4.52. The Kier molecular flexibility index (Phi) is 31.6. The standard InChI is InChI=1S/C41H71NO8/c1-6-8-10-12-14-16-18-20-22-24-26-28-30-32-39(44)50-37(36-49-41(40(45)46)47-34-33-42(3,4)5)35-48-38(43)31-29-27-25-23-21-19-17-15-13-11-9-7-2/h8,10,14-17,20,22,37,41H,6-7,9,11-13,18-19,21,23-36H2,1-5H3/b10-8-,16-14-,17-15-,22-20-. The van der Waals surface area contributed by atoms with Crippen molar-refractivity contribution in [2.75, 3.05) is 47.5 Å². The SMILES string of the molecule is CC/C=C\C/C=C\C/C=C\CCCCCC(=O)OC(COC(=O)CCCCCCC/C=C\CCCCC)COC(OCC[N+](C)(C)C)C(=O)[O-]. The summed E-state index contributed by atoms with van der Waals surface area (Å²) < 4.78 is 22.4. The molecule has 0 heterocycles. The Labute approximate surface area is 304 Å². The Balaban J connectivity index is 4.62. The normalized spacial score (nSPS) is 13.5. The minimum absolute atomic E-state index is 0.139. The van der Waals surface area contributed by atoms with E-state index in [4.69, 9.17) is 18.9 Å². The molecule has 0 radical (unpaired) electrons. The van der Waals surface area contributed by atoms with Crippen LogP contribution in [-0.4, -0.2) is 82.3 Å². The molecule has 0 aliphatic heterocycles. The van der Waals surface area contributed by atoms with Gasteiger partial charge in [0, 0.05) is 12.8 Å². The summed E-state index contributed by atoms with van der Waals surface area (Å²) in [6, 6.07) is 0. The highest BCUT2D eigenvalue weighted by Gasteiger charge is 2.21. The first kappa shape index (κ1) is 47.2. The number of hydrogen-bond donors (Lipinski definition) is 0. The number of carboxylic acids is 1. The van der Waals surface area contributed by atoms with E-state index in [1.807, 2.05) is 21.1 Å². The highest BCUT2D eigenvalue weighted by molar-refractivity contribution is 5.70. The van der Waals surface area contributed by atoms with Gasteiger partial charge in [-0.3, -0.25) is 9.59 Å². The van der Waals surface area contributed by atoms with Gasteiger partial charge >= 0.3 is 11.9 Å². The number of allylic oxidation sites excluding steroid dienone is 8. The van der Waals surface area contributed by atoms with Crippen LogP contribution in [0.1, 0.15) is 136 Å². The van der Waals surface area contributed by atoms with Crippen molar-refractivity contribution in [1.29, 1.82) is 0 Å². The van der Waals surface area contributed by atoms with Crippen molar-refractivity contribution in [3.05, 3.63) is 48.6 Å². The molecule has 0 N–H and O–H groups in total. The maximum atomic E-state index is 12.6. The first-order chi connectivity index (χ1) is 24.1. The van der Waals surface area contributed by atoms with Crippen LogP contribution in [0.4, 0.5) is 0 Å². The van der Waals surface area contributed by atoms with E-state index in [0.717, 1.165) is 77.0 Å². The molecule has 0 spiro atoms. The summed E-state index contributed by atoms with van der Waals surface area (Å²) in [6.07, 6.45) is 32.9. The molecule has 0 amide bonds. The third kappa shape index (κ3) is 33.7. The number of unbranched alkanes of at least 4 members (excludes halogenated alkanes) is 11. The average molecular weight is 706 g/mol. The Morgan fingerprint density at radius 3 is 1.74 bits per heavy atom. The first-order valence-electron chi connectivity index (χ1n) is 19.3. The lowest BCUT2D eigenvalue weighted by Crippen LogP contribution is -2.44. The number of carbonyl (C=O) groups excluding carboxylic acids is 3. The molecule has 0 saturated heterocycles. The maximum absolute atomic E-state index is 12.6. The third-order valence-electron chi connectivity index (χ3n) is 7.81. The number of hydrogen-bond acceptors (Lipinski definition) is 8. The highest BCUT2D eigenvalue weighted by atomic mass is 16.7. The van der Waals surface area contributed by atoms with E-state index in [1.54, 1.807) is 0 Å². The van der Waals surface area contributed by atoms with Gasteiger partial charge in [-0.2, -0.15) is 0 Å². The van der Waals surface area contributed by atoms with Crippen LogP contribution in [0.15, 0.2) is 48.6 Å². The lowest BCUT2D eigenvalue weighted by atomic mass is 10.1. The summed E-state index contributed by atoms with van der Waals surface area (Å²) in [5.74, 6) is -2.35. The molecule has 0 aromatic heterocycles. The average Bonchev–Trinajstić information content (AvgIpc) is 3.06. The molecule has 0 aliphatic rings. The fourth-order valence-electron chi connectivity index (χ4n) is 4.78. The number of likely N-dealkylation sites (N-methyl/N-ethyl adjacent to an activating group) is 1. The second-order valence-corrected chi connectivity index (χ2v) is 13.8. The molecule has 288 valence electrons. The van der Waals surface area contributed by atoms with Crippen LogP contribution >= 0.6 is 0 Å². The van der Waals surface area contributed by atoms with Crippen LogP contribution in [-0.2, 0) is 33.3 Å². The Morgan fingerprint density at radius 2 is 1.14 bits per heavy atom. The number of carboxylic acid groups (broad SMARTS) is 1. The fraction of sp³-hybridized carbons (Fsp3) is 0.732. The zero-order valence-corrected chi connectivity index (χ0v) is 32.3. The molecule has 0 aromatic rings. The number of esters is 2. The summed E-state index contributed by atoms with van der Waals surface area (Å²) >= 11 is 0. The van der Waals surface area contributed by atoms with Gasteiger partial charge in [0.05, 0.1) is 40.3 Å². The van der Waals surface area contributed by atoms with Gasteiger partial charge in [-0.05, 0) is 70.6 Å². The molecule has 0 rings (SSSR count). The Morgan fingerprint density at radius 1 is 0.620 bits per heavy atom. The highest BCUT2D eigenvalue weighted by Crippen LogP contribution is 2.11. The minimum atomic E-state index is -1.63. The van der Waals surface area contributed by atoms with Gasteiger partial charge in [-0.15, -0.1) is 0 Å². The molecule has 0 saturated carbocycles. The number of nitrogens with zero attached hydrogens (tertiary/aromatic N) is 1. The second kappa shape index (κ2) is 33.4. The predicted octanol–water partition coefficient (Wildman–Crippen LogP) is 7.93. The predicted molar refractivity (Wildman–Crippen MR) is 200 cm³/mol. The van der Waals surface area contributed by atoms with Gasteiger partial charge < -0.3 is 33.3 Å². The van der Waals surface area contributed by atoms with Crippen molar-refractivity contribution < 1.29 is 42.9 Å². The second-order valence-electron chi connectivity index (χ2n) is 13.8. The van der Waals surface area contributed by atoms with Gasteiger partial charge in [0.25, 0.3) is 0 Å². The molecule has 50 heavy (non-hydrogen) atoms. The molecule has 9 nitrogen and oxygen atoms in total. The Bertz CT molecular complexity index is 966. The zero-order valence-electron chi connectivity index (χ0n) is 32.3. The summed E-state index contributed by atoms with van der Waals surface area (Å²) in [5, 5.41) is 11.6. The number of quaternary nitrogens is 1. The summed E-state index contributed by atoms with van der Waals surface area (Å²) in [4.78, 5) is 36.7. The first-order valence-corrected chi connectivity index (χ1v) is 19.3. The van der Waals surface area contributed by atoms with Crippen LogP contribution < -0.4 is 5.11 Å². The zero-order chi connectivity index (χ0) is 37.1. The molecular weight excluding hydrogens is 634 g/mol. The van der Waals surface area contributed by atoms with E-state index in [9.17, 15) is 19.5 Å². The Hall–Kier alpha value is -2.75. The van der Waals surface area contributed by atoms with Crippen molar-refractivity contribution in [3.63, 3.8) is 0 Å². The van der Waals surface area contributed by atoms with Crippen molar-refractivity contribution in [1.82, 2.24) is 0 Å². The number of aliphatic carboxylic acids is 1. The third-order valence-corrected chi connectivity index (χ3v) is 7.81. The van der Waals surface area contributed by atoms with E-state index in [0.29, 0.717) is 17.4 Å². The van der Waals surface area contributed by atoms with Crippen LogP contribution in [0.5, 0.6) is 0 Å². The maximum Gasteiger partial charge on any atom is 0.306 e. The molecule has 2 atom stereocenters. The molecule has 2 unspecified atom stereocenters. The summed E-state index contributed by atoms with van der Waals surface area (Å²) in [5.41, 5.74) is 0. The van der Waals surface area contributed by atoms with Gasteiger partial charge in [-0.25, -0.2) is 0 Å². The topological polar surface area (TPSA) is 111 Å². The van der Waals surface area contributed by atoms with Crippen molar-refractivity contribution >= 4 is 17.9 Å². The number of carbonyl (C=O) groups is 3. The van der Waals surface area contributed by atoms with Gasteiger partial charge in [0.1, 0.15) is 13.2 Å². The molecular formula is C41H71NO8. The van der Waals surface area contributed by atoms with Gasteiger partial charge in [0.2, 0.25) is 0 Å². The number of ether oxygens (including phenoxy) is 4. The molecule has 0 aliphatic carbocycles.